The molecule has 2 saturated carbocycles. The molecule has 0 amide bonds. The second-order valence-corrected chi connectivity index (χ2v) is 6.17. The van der Waals surface area contributed by atoms with E-state index in [1.807, 2.05) is 13.8 Å². The van der Waals surface area contributed by atoms with Gasteiger partial charge < -0.3 is 9.47 Å². The molecule has 2 atom stereocenters. The zero-order valence-corrected chi connectivity index (χ0v) is 12.4. The van der Waals surface area contributed by atoms with Crippen LogP contribution in [0, 0.1) is 0 Å². The molecule has 19 heavy (non-hydrogen) atoms. The topological polar surface area (TPSA) is 47.6 Å². The van der Waals surface area contributed by atoms with Crippen LogP contribution in [0.25, 0.3) is 0 Å². The maximum atomic E-state index is 12.2. The average molecular weight is 269 g/mol. The third-order valence-corrected chi connectivity index (χ3v) is 4.00. The van der Waals surface area contributed by atoms with Crippen LogP contribution in [-0.2, 0) is 14.3 Å². The van der Waals surface area contributed by atoms with Crippen LogP contribution in [0.2, 0.25) is 0 Å². The first-order valence-electron chi connectivity index (χ1n) is 7.64. The van der Waals surface area contributed by atoms with Gasteiger partial charge in [0.15, 0.2) is 0 Å². The van der Waals surface area contributed by atoms with E-state index >= 15 is 0 Å². The quantitative estimate of drug-likeness (QED) is 0.687. The molecule has 0 aromatic carbocycles. The molecule has 0 aromatic heterocycles. The van der Waals surface area contributed by atoms with Crippen LogP contribution in [0.4, 0.5) is 0 Å². The van der Waals surface area contributed by atoms with E-state index in [9.17, 15) is 4.79 Å². The molecule has 0 heterocycles. The number of ether oxygens (including phenoxy) is 2. The van der Waals surface area contributed by atoms with Gasteiger partial charge in [-0.1, -0.05) is 0 Å². The minimum absolute atomic E-state index is 0.0888. The number of rotatable bonds is 8. The summed E-state index contributed by atoms with van der Waals surface area (Å²) in [5, 5.41) is 3.44. The number of hydrogen-bond acceptors (Lipinski definition) is 4. The molecule has 2 aliphatic rings. The number of hydrogen-bond donors (Lipinski definition) is 1. The van der Waals surface area contributed by atoms with Crippen molar-refractivity contribution in [2.45, 2.75) is 83.1 Å². The van der Waals surface area contributed by atoms with E-state index in [1.54, 1.807) is 0 Å². The predicted octanol–water partition coefficient (Wildman–Crippen LogP) is 2.41. The summed E-state index contributed by atoms with van der Waals surface area (Å²) in [4.78, 5) is 12.2. The van der Waals surface area contributed by atoms with Crippen LogP contribution in [0.1, 0.15) is 59.3 Å². The highest BCUT2D eigenvalue weighted by Gasteiger charge is 2.41. The Morgan fingerprint density at radius 1 is 1.37 bits per heavy atom. The third-order valence-electron chi connectivity index (χ3n) is 4.00. The third kappa shape index (κ3) is 4.18. The lowest BCUT2D eigenvalue weighted by Crippen LogP contribution is -2.53. The van der Waals surface area contributed by atoms with Gasteiger partial charge in [-0.25, -0.2) is 0 Å². The van der Waals surface area contributed by atoms with Crippen molar-refractivity contribution >= 4 is 5.97 Å². The second kappa shape index (κ2) is 6.23. The summed E-state index contributed by atoms with van der Waals surface area (Å²) in [5.41, 5.74) is -0.611. The number of nitrogens with one attached hydrogen (secondary N) is 1. The Balaban J connectivity index is 1.88. The van der Waals surface area contributed by atoms with Gasteiger partial charge in [0.1, 0.15) is 5.54 Å². The van der Waals surface area contributed by atoms with Gasteiger partial charge >= 0.3 is 5.97 Å². The van der Waals surface area contributed by atoms with Gasteiger partial charge in [-0.05, 0) is 52.9 Å². The maximum Gasteiger partial charge on any atom is 0.326 e. The van der Waals surface area contributed by atoms with E-state index in [-0.39, 0.29) is 12.1 Å². The molecule has 4 heteroatoms. The maximum absolute atomic E-state index is 12.2. The summed E-state index contributed by atoms with van der Waals surface area (Å²) in [7, 11) is 0. The van der Waals surface area contributed by atoms with Crippen molar-refractivity contribution in [1.29, 1.82) is 0 Å². The van der Waals surface area contributed by atoms with E-state index in [4.69, 9.17) is 9.47 Å². The Kier molecular flexibility index (Phi) is 4.85. The molecule has 1 N–H and O–H groups in total. The summed E-state index contributed by atoms with van der Waals surface area (Å²) >= 11 is 0. The van der Waals surface area contributed by atoms with Crippen LogP contribution >= 0.6 is 0 Å². The molecular formula is C15H27NO3. The van der Waals surface area contributed by atoms with Gasteiger partial charge in [-0.15, -0.1) is 0 Å². The molecular weight excluding hydrogens is 242 g/mol. The fraction of sp³-hybridized carbons (Fsp3) is 0.933. The Morgan fingerprint density at radius 2 is 2.05 bits per heavy atom. The van der Waals surface area contributed by atoms with Gasteiger partial charge in [0, 0.05) is 12.5 Å². The highest BCUT2D eigenvalue weighted by Crippen LogP contribution is 2.29. The predicted molar refractivity (Wildman–Crippen MR) is 74.0 cm³/mol. The molecule has 2 rings (SSSR count). The lowest BCUT2D eigenvalue weighted by atomic mass is 9.92. The monoisotopic (exact) mass is 269 g/mol. The van der Waals surface area contributed by atoms with Crippen molar-refractivity contribution in [2.24, 2.45) is 0 Å². The molecule has 0 spiro atoms. The fourth-order valence-electron chi connectivity index (χ4n) is 2.63. The first-order valence-corrected chi connectivity index (χ1v) is 7.64. The smallest absolute Gasteiger partial charge is 0.326 e. The first-order chi connectivity index (χ1) is 9.03. The van der Waals surface area contributed by atoms with Crippen molar-refractivity contribution in [1.82, 2.24) is 5.32 Å². The second-order valence-electron chi connectivity index (χ2n) is 6.17. The van der Waals surface area contributed by atoms with Gasteiger partial charge in [-0.2, -0.15) is 0 Å². The van der Waals surface area contributed by atoms with Crippen molar-refractivity contribution in [3.8, 4) is 0 Å². The number of esters is 1. The van der Waals surface area contributed by atoms with Crippen molar-refractivity contribution in [3.63, 3.8) is 0 Å². The Bertz CT molecular complexity index is 313. The van der Waals surface area contributed by atoms with E-state index in [1.165, 1.54) is 6.42 Å². The molecule has 0 bridgehead atoms. The first kappa shape index (κ1) is 14.8. The van der Waals surface area contributed by atoms with E-state index < -0.39 is 5.54 Å². The summed E-state index contributed by atoms with van der Waals surface area (Å²) in [6, 6.07) is 0.477. The van der Waals surface area contributed by atoms with E-state index in [0.717, 1.165) is 25.7 Å². The number of carbonyl (C=O) groups is 1. The van der Waals surface area contributed by atoms with Gasteiger partial charge in [0.05, 0.1) is 18.8 Å². The van der Waals surface area contributed by atoms with Crippen LogP contribution in [0.15, 0.2) is 0 Å². The average Bonchev–Trinajstić information content (AvgIpc) is 3.07. The fourth-order valence-corrected chi connectivity index (χ4v) is 2.63. The lowest BCUT2D eigenvalue weighted by Gasteiger charge is -2.34. The SMILES string of the molecule is CCOC(=O)C(C)(CC(C)OC1CCC1)NC1CC1. The van der Waals surface area contributed by atoms with Gasteiger partial charge in [0.2, 0.25) is 0 Å². The molecule has 2 aliphatic carbocycles. The van der Waals surface area contributed by atoms with Crippen LogP contribution in [0.5, 0.6) is 0 Å². The van der Waals surface area contributed by atoms with Crippen molar-refractivity contribution in [2.75, 3.05) is 6.61 Å². The van der Waals surface area contributed by atoms with Crippen molar-refractivity contribution in [3.05, 3.63) is 0 Å². The summed E-state index contributed by atoms with van der Waals surface area (Å²) < 4.78 is 11.2. The summed E-state index contributed by atoms with van der Waals surface area (Å²) in [5.74, 6) is -0.147. The zero-order valence-electron chi connectivity index (χ0n) is 12.4. The molecule has 0 aliphatic heterocycles. The van der Waals surface area contributed by atoms with Crippen LogP contribution < -0.4 is 5.32 Å². The molecule has 110 valence electrons. The minimum atomic E-state index is -0.611. The molecule has 4 nitrogen and oxygen atoms in total. The van der Waals surface area contributed by atoms with Crippen LogP contribution in [-0.4, -0.2) is 36.4 Å². The lowest BCUT2D eigenvalue weighted by molar-refractivity contribution is -0.153. The summed E-state index contributed by atoms with van der Waals surface area (Å²) in [6.45, 7) is 6.29. The minimum Gasteiger partial charge on any atom is -0.465 e. The zero-order chi connectivity index (χ0) is 13.9. The standard InChI is InChI=1S/C15H27NO3/c1-4-18-14(17)15(3,16-12-8-9-12)10-11(2)19-13-6-5-7-13/h11-13,16H,4-10H2,1-3H3. The van der Waals surface area contributed by atoms with Gasteiger partial charge in [-0.3, -0.25) is 10.1 Å². The molecule has 0 saturated heterocycles. The van der Waals surface area contributed by atoms with Crippen molar-refractivity contribution < 1.29 is 14.3 Å². The summed E-state index contributed by atoms with van der Waals surface area (Å²) in [6.07, 6.45) is 7.09. The molecule has 0 radical (unpaired) electrons. The molecule has 2 fully saturated rings. The normalized spacial score (nSPS) is 24.4. The van der Waals surface area contributed by atoms with Gasteiger partial charge in [0.25, 0.3) is 0 Å². The van der Waals surface area contributed by atoms with E-state index in [0.29, 0.717) is 25.2 Å². The van der Waals surface area contributed by atoms with E-state index in [2.05, 4.69) is 12.2 Å². The largest absolute Gasteiger partial charge is 0.465 e. The number of carbonyl (C=O) groups excluding carboxylic acids is 1. The highest BCUT2D eigenvalue weighted by atomic mass is 16.5. The Labute approximate surface area is 116 Å². The molecule has 0 aromatic rings. The highest BCUT2D eigenvalue weighted by molar-refractivity contribution is 5.80. The molecule has 2 unspecified atom stereocenters. The van der Waals surface area contributed by atoms with Crippen LogP contribution in [0.3, 0.4) is 0 Å². The Hall–Kier alpha value is -0.610. The Morgan fingerprint density at radius 3 is 2.53 bits per heavy atom.